The molecule has 0 saturated heterocycles. The molecule has 1 atom stereocenters. The molecule has 0 amide bonds. The predicted molar refractivity (Wildman–Crippen MR) is 109 cm³/mol. The molecule has 0 radical (unpaired) electrons. The molecule has 1 aromatic carbocycles. The Labute approximate surface area is 159 Å². The van der Waals surface area contributed by atoms with Gasteiger partial charge in [-0.2, -0.15) is 0 Å². The summed E-state index contributed by atoms with van der Waals surface area (Å²) in [4.78, 5) is 6.96. The van der Waals surface area contributed by atoms with Crippen molar-refractivity contribution in [3.63, 3.8) is 0 Å². The third-order valence-corrected chi connectivity index (χ3v) is 4.20. The van der Waals surface area contributed by atoms with E-state index in [0.29, 0.717) is 12.5 Å². The zero-order valence-electron chi connectivity index (χ0n) is 17.4. The molecule has 6 nitrogen and oxygen atoms in total. The summed E-state index contributed by atoms with van der Waals surface area (Å²) in [6.45, 7) is 8.95. The number of hydrogen-bond donors (Lipinski definition) is 2. The quantitative estimate of drug-likeness (QED) is 0.494. The topological polar surface area (TPSA) is 58.1 Å². The van der Waals surface area contributed by atoms with E-state index in [1.807, 2.05) is 12.1 Å². The van der Waals surface area contributed by atoms with Crippen LogP contribution < -0.4 is 20.1 Å². The molecule has 2 N–H and O–H groups in total. The van der Waals surface area contributed by atoms with Crippen molar-refractivity contribution in [2.24, 2.45) is 10.9 Å². The van der Waals surface area contributed by atoms with Crippen LogP contribution in [0.25, 0.3) is 0 Å². The third kappa shape index (κ3) is 7.12. The van der Waals surface area contributed by atoms with E-state index in [4.69, 9.17) is 14.5 Å². The van der Waals surface area contributed by atoms with Crippen molar-refractivity contribution < 1.29 is 9.47 Å². The first-order valence-corrected chi connectivity index (χ1v) is 9.33. The fraction of sp³-hybridized carbons (Fsp3) is 0.650. The minimum atomic E-state index is 0.148. The summed E-state index contributed by atoms with van der Waals surface area (Å²) in [6, 6.07) is 6.19. The van der Waals surface area contributed by atoms with Crippen LogP contribution in [-0.2, 0) is 0 Å². The van der Waals surface area contributed by atoms with Crippen molar-refractivity contribution in [1.29, 1.82) is 0 Å². The lowest BCUT2D eigenvalue weighted by atomic mass is 10.1. The Kier molecular flexibility index (Phi) is 9.88. The first-order valence-electron chi connectivity index (χ1n) is 9.33. The molecule has 0 aromatic heterocycles. The van der Waals surface area contributed by atoms with Crippen LogP contribution in [-0.4, -0.2) is 58.8 Å². The Morgan fingerprint density at radius 2 is 1.81 bits per heavy atom. The van der Waals surface area contributed by atoms with Crippen LogP contribution in [0.4, 0.5) is 0 Å². The first kappa shape index (κ1) is 22.1. The molecule has 0 saturated carbocycles. The Hall–Kier alpha value is -1.95. The Balaban J connectivity index is 2.91. The molecule has 0 aliphatic heterocycles. The minimum absolute atomic E-state index is 0.148. The van der Waals surface area contributed by atoms with Gasteiger partial charge in [-0.25, -0.2) is 0 Å². The maximum absolute atomic E-state index is 5.44. The van der Waals surface area contributed by atoms with Gasteiger partial charge in [0, 0.05) is 13.1 Å². The highest BCUT2D eigenvalue weighted by Gasteiger charge is 2.16. The molecule has 0 aliphatic rings. The van der Waals surface area contributed by atoms with Gasteiger partial charge < -0.3 is 25.0 Å². The van der Waals surface area contributed by atoms with Crippen LogP contribution in [0, 0.1) is 5.92 Å². The second kappa shape index (κ2) is 11.6. The number of nitrogens with one attached hydrogen (secondary N) is 2. The molecule has 6 heteroatoms. The minimum Gasteiger partial charge on any atom is -0.493 e. The summed E-state index contributed by atoms with van der Waals surface area (Å²) >= 11 is 0. The fourth-order valence-corrected chi connectivity index (χ4v) is 2.63. The Morgan fingerprint density at radius 3 is 2.35 bits per heavy atom. The summed E-state index contributed by atoms with van der Waals surface area (Å²) < 4.78 is 10.8. The summed E-state index contributed by atoms with van der Waals surface area (Å²) in [6.07, 6.45) is 1.12. The van der Waals surface area contributed by atoms with E-state index in [2.05, 4.69) is 56.5 Å². The number of ether oxygens (including phenoxy) is 2. The van der Waals surface area contributed by atoms with Gasteiger partial charge in [0.05, 0.1) is 26.8 Å². The van der Waals surface area contributed by atoms with Crippen LogP contribution >= 0.6 is 0 Å². The van der Waals surface area contributed by atoms with Gasteiger partial charge in [0.25, 0.3) is 0 Å². The number of aliphatic imine (C=N–C) groups is 1. The van der Waals surface area contributed by atoms with Crippen LogP contribution in [0.3, 0.4) is 0 Å². The van der Waals surface area contributed by atoms with Gasteiger partial charge in [-0.05, 0) is 51.1 Å². The zero-order valence-corrected chi connectivity index (χ0v) is 17.4. The average Bonchev–Trinajstić information content (AvgIpc) is 2.60. The van der Waals surface area contributed by atoms with Crippen LogP contribution in [0.15, 0.2) is 23.2 Å². The van der Waals surface area contributed by atoms with Crippen LogP contribution in [0.1, 0.15) is 38.8 Å². The molecule has 0 fully saturated rings. The van der Waals surface area contributed by atoms with Gasteiger partial charge in [0.15, 0.2) is 17.5 Å². The SMILES string of the molecule is CCNC(=NCC(c1ccc(OC)c(OC)c1)N(C)C)NCCC(C)C. The molecular formula is C20H36N4O2. The Bertz CT molecular complexity index is 559. The highest BCUT2D eigenvalue weighted by atomic mass is 16.5. The van der Waals surface area contributed by atoms with E-state index in [1.54, 1.807) is 14.2 Å². The van der Waals surface area contributed by atoms with E-state index in [1.165, 1.54) is 0 Å². The second-order valence-electron chi connectivity index (χ2n) is 6.92. The van der Waals surface area contributed by atoms with Gasteiger partial charge in [-0.15, -0.1) is 0 Å². The number of rotatable bonds is 10. The van der Waals surface area contributed by atoms with Gasteiger partial charge in [0.2, 0.25) is 0 Å². The van der Waals surface area contributed by atoms with E-state index in [9.17, 15) is 0 Å². The number of likely N-dealkylation sites (N-methyl/N-ethyl adjacent to an activating group) is 1. The van der Waals surface area contributed by atoms with Gasteiger partial charge >= 0.3 is 0 Å². The van der Waals surface area contributed by atoms with Crippen molar-refractivity contribution in [2.75, 3.05) is 47.9 Å². The lowest BCUT2D eigenvalue weighted by Crippen LogP contribution is -2.38. The molecule has 1 aromatic rings. The lowest BCUT2D eigenvalue weighted by Gasteiger charge is -2.24. The number of methoxy groups -OCH3 is 2. The summed E-state index contributed by atoms with van der Waals surface area (Å²) in [5.74, 6) is 3.01. The number of hydrogen-bond acceptors (Lipinski definition) is 4. The largest absolute Gasteiger partial charge is 0.493 e. The van der Waals surface area contributed by atoms with Crippen molar-refractivity contribution in [3.8, 4) is 11.5 Å². The molecule has 148 valence electrons. The van der Waals surface area contributed by atoms with Crippen molar-refractivity contribution in [1.82, 2.24) is 15.5 Å². The second-order valence-corrected chi connectivity index (χ2v) is 6.92. The molecular weight excluding hydrogens is 328 g/mol. The van der Waals surface area contributed by atoms with Crippen molar-refractivity contribution in [2.45, 2.75) is 33.2 Å². The molecule has 1 unspecified atom stereocenters. The summed E-state index contributed by atoms with van der Waals surface area (Å²) in [7, 11) is 7.44. The van der Waals surface area contributed by atoms with E-state index < -0.39 is 0 Å². The monoisotopic (exact) mass is 364 g/mol. The van der Waals surface area contributed by atoms with Crippen LogP contribution in [0.5, 0.6) is 11.5 Å². The van der Waals surface area contributed by atoms with Gasteiger partial charge in [0.1, 0.15) is 0 Å². The molecule has 1 rings (SSSR count). The molecule has 0 spiro atoms. The maximum Gasteiger partial charge on any atom is 0.191 e. The van der Waals surface area contributed by atoms with Crippen molar-refractivity contribution in [3.05, 3.63) is 23.8 Å². The predicted octanol–water partition coefficient (Wildman–Crippen LogP) is 2.91. The fourth-order valence-electron chi connectivity index (χ4n) is 2.63. The number of guanidine groups is 1. The molecule has 0 bridgehead atoms. The lowest BCUT2D eigenvalue weighted by molar-refractivity contribution is 0.303. The highest BCUT2D eigenvalue weighted by Crippen LogP contribution is 2.31. The average molecular weight is 365 g/mol. The Morgan fingerprint density at radius 1 is 1.12 bits per heavy atom. The molecule has 26 heavy (non-hydrogen) atoms. The van der Waals surface area contributed by atoms with E-state index >= 15 is 0 Å². The standard InChI is InChI=1S/C20H36N4O2/c1-8-21-20(22-12-11-15(2)3)23-14-17(24(4)5)16-9-10-18(25-6)19(13-16)26-7/h9-10,13,15,17H,8,11-12,14H2,1-7H3,(H2,21,22,23). The van der Waals surface area contributed by atoms with Gasteiger partial charge in [-0.3, -0.25) is 4.99 Å². The number of benzene rings is 1. The molecule has 0 heterocycles. The third-order valence-electron chi connectivity index (χ3n) is 4.20. The van der Waals surface area contributed by atoms with E-state index in [0.717, 1.165) is 42.5 Å². The summed E-state index contributed by atoms with van der Waals surface area (Å²) in [5, 5.41) is 6.73. The highest BCUT2D eigenvalue weighted by molar-refractivity contribution is 5.79. The summed E-state index contributed by atoms with van der Waals surface area (Å²) in [5.41, 5.74) is 1.15. The molecule has 0 aliphatic carbocycles. The number of nitrogens with zero attached hydrogens (tertiary/aromatic N) is 2. The van der Waals surface area contributed by atoms with Crippen molar-refractivity contribution >= 4 is 5.96 Å². The smallest absolute Gasteiger partial charge is 0.191 e. The zero-order chi connectivity index (χ0) is 19.5. The van der Waals surface area contributed by atoms with Crippen LogP contribution in [0.2, 0.25) is 0 Å². The van der Waals surface area contributed by atoms with Gasteiger partial charge in [-0.1, -0.05) is 19.9 Å². The maximum atomic E-state index is 5.44. The normalized spacial score (nSPS) is 13.0. The first-order chi connectivity index (χ1) is 12.4. The van der Waals surface area contributed by atoms with E-state index in [-0.39, 0.29) is 6.04 Å².